The number of thiazole rings is 1. The molecule has 1 atom stereocenters. The van der Waals surface area contributed by atoms with Crippen molar-refractivity contribution in [2.75, 3.05) is 11.9 Å². The Bertz CT molecular complexity index is 1820. The number of rotatable bonds is 11. The predicted molar refractivity (Wildman–Crippen MR) is 187 cm³/mol. The molecule has 7 nitrogen and oxygen atoms in total. The first-order valence-electron chi connectivity index (χ1n) is 15.7. The fourth-order valence-electron chi connectivity index (χ4n) is 5.21. The summed E-state index contributed by atoms with van der Waals surface area (Å²) in [5.41, 5.74) is 5.57. The lowest BCUT2D eigenvalue weighted by atomic mass is 9.86. The number of carbonyl (C=O) groups is 3. The van der Waals surface area contributed by atoms with Crippen LogP contribution in [0.2, 0.25) is 0 Å². The molecule has 46 heavy (non-hydrogen) atoms. The van der Waals surface area contributed by atoms with Crippen molar-refractivity contribution < 1.29 is 14.4 Å². The predicted octanol–water partition coefficient (Wildman–Crippen LogP) is 8.29. The fourth-order valence-corrected chi connectivity index (χ4v) is 6.12. The lowest BCUT2D eigenvalue weighted by Crippen LogP contribution is -2.40. The number of amides is 3. The molecule has 0 unspecified atom stereocenters. The van der Waals surface area contributed by atoms with E-state index in [1.54, 1.807) is 12.1 Å². The van der Waals surface area contributed by atoms with Gasteiger partial charge in [0.05, 0.1) is 10.2 Å². The van der Waals surface area contributed by atoms with Crippen LogP contribution in [0.4, 0.5) is 5.69 Å². The summed E-state index contributed by atoms with van der Waals surface area (Å²) in [4.78, 5) is 44.5. The number of hydrogen-bond acceptors (Lipinski definition) is 5. The molecule has 0 saturated carbocycles. The maximum atomic E-state index is 13.5. The first-order chi connectivity index (χ1) is 22.1. The van der Waals surface area contributed by atoms with Crippen LogP contribution in [0.1, 0.15) is 84.3 Å². The molecule has 0 saturated heterocycles. The van der Waals surface area contributed by atoms with Crippen molar-refractivity contribution in [1.29, 1.82) is 0 Å². The van der Waals surface area contributed by atoms with Crippen LogP contribution in [-0.2, 0) is 10.2 Å². The highest BCUT2D eigenvalue weighted by Gasteiger charge is 2.25. The van der Waals surface area contributed by atoms with E-state index in [0.717, 1.165) is 35.1 Å². The van der Waals surface area contributed by atoms with Crippen LogP contribution in [0, 0.1) is 0 Å². The van der Waals surface area contributed by atoms with Crippen molar-refractivity contribution >= 4 is 45.0 Å². The minimum atomic E-state index is -0.845. The summed E-state index contributed by atoms with van der Waals surface area (Å²) in [6.45, 7) is 9.19. The number of benzene rings is 4. The van der Waals surface area contributed by atoms with E-state index in [1.807, 2.05) is 60.7 Å². The molecule has 0 radical (unpaired) electrons. The zero-order chi connectivity index (χ0) is 32.7. The summed E-state index contributed by atoms with van der Waals surface area (Å²) in [6.07, 6.45) is 2.95. The third-order valence-electron chi connectivity index (χ3n) is 7.82. The number of unbranched alkanes of at least 4 members (excludes halogenated alkanes) is 2. The zero-order valence-corrected chi connectivity index (χ0v) is 27.5. The van der Waals surface area contributed by atoms with Gasteiger partial charge in [-0.2, -0.15) is 0 Å². The average Bonchev–Trinajstić information content (AvgIpc) is 3.49. The average molecular weight is 633 g/mol. The van der Waals surface area contributed by atoms with Gasteiger partial charge < -0.3 is 16.0 Å². The summed E-state index contributed by atoms with van der Waals surface area (Å²) >= 11 is 1.21. The molecule has 0 fully saturated rings. The Hall–Kier alpha value is -4.82. The van der Waals surface area contributed by atoms with Gasteiger partial charge in [0.25, 0.3) is 11.8 Å². The van der Waals surface area contributed by atoms with Gasteiger partial charge in [0, 0.05) is 17.8 Å². The summed E-state index contributed by atoms with van der Waals surface area (Å²) in [5.74, 6) is -0.920. The Morgan fingerprint density at radius 3 is 2.26 bits per heavy atom. The standard InChI is InChI=1S/C38H40N4O3S/c1-5-6-12-23-39-35(44)33(26-13-8-7-9-14-26)42-36(45)37-41-31-22-21-28(24-32(31)46-37)40-34(43)30-16-11-10-15-29(30)25-17-19-27(20-18-25)38(2,3)4/h7-11,13-22,24,33H,5-6,12,23H2,1-4H3,(H,39,44)(H,40,43)(H,42,45)/t33-/m0/s1. The van der Waals surface area contributed by atoms with E-state index >= 15 is 0 Å². The summed E-state index contributed by atoms with van der Waals surface area (Å²) < 4.78 is 0.745. The summed E-state index contributed by atoms with van der Waals surface area (Å²) in [6, 6.07) is 29.6. The van der Waals surface area contributed by atoms with Gasteiger partial charge in [-0.25, -0.2) is 4.98 Å². The quantitative estimate of drug-likeness (QED) is 0.128. The highest BCUT2D eigenvalue weighted by Crippen LogP contribution is 2.30. The maximum absolute atomic E-state index is 13.5. The molecule has 3 amide bonds. The van der Waals surface area contributed by atoms with E-state index in [9.17, 15) is 14.4 Å². The Morgan fingerprint density at radius 1 is 0.826 bits per heavy atom. The molecule has 236 valence electrons. The molecule has 0 spiro atoms. The number of aromatic nitrogens is 1. The molecule has 0 aliphatic heterocycles. The third-order valence-corrected chi connectivity index (χ3v) is 8.84. The second kappa shape index (κ2) is 14.5. The van der Waals surface area contributed by atoms with E-state index in [0.29, 0.717) is 28.9 Å². The van der Waals surface area contributed by atoms with Gasteiger partial charge in [-0.15, -0.1) is 11.3 Å². The van der Waals surface area contributed by atoms with E-state index in [-0.39, 0.29) is 22.2 Å². The zero-order valence-electron chi connectivity index (χ0n) is 26.7. The van der Waals surface area contributed by atoms with Crippen molar-refractivity contribution in [2.45, 2.75) is 58.4 Å². The number of fused-ring (bicyclic) bond motifs is 1. The van der Waals surface area contributed by atoms with Gasteiger partial charge in [-0.3, -0.25) is 14.4 Å². The molecule has 4 aromatic carbocycles. The van der Waals surface area contributed by atoms with Crippen molar-refractivity contribution in [3.63, 3.8) is 0 Å². The highest BCUT2D eigenvalue weighted by atomic mass is 32.1. The summed E-state index contributed by atoms with van der Waals surface area (Å²) in [5, 5.41) is 9.09. The minimum absolute atomic E-state index is 0.0391. The topological polar surface area (TPSA) is 100 Å². The maximum Gasteiger partial charge on any atom is 0.281 e. The molecule has 0 aliphatic carbocycles. The van der Waals surface area contributed by atoms with E-state index in [2.05, 4.69) is 72.9 Å². The van der Waals surface area contributed by atoms with Crippen LogP contribution in [-0.4, -0.2) is 29.3 Å². The summed E-state index contributed by atoms with van der Waals surface area (Å²) in [7, 11) is 0. The van der Waals surface area contributed by atoms with Crippen molar-refractivity contribution in [1.82, 2.24) is 15.6 Å². The van der Waals surface area contributed by atoms with E-state index in [1.165, 1.54) is 16.9 Å². The highest BCUT2D eigenvalue weighted by molar-refractivity contribution is 7.20. The first-order valence-corrected chi connectivity index (χ1v) is 16.5. The van der Waals surface area contributed by atoms with E-state index < -0.39 is 11.9 Å². The largest absolute Gasteiger partial charge is 0.354 e. The van der Waals surface area contributed by atoms with Crippen LogP contribution >= 0.6 is 11.3 Å². The van der Waals surface area contributed by atoms with Crippen LogP contribution < -0.4 is 16.0 Å². The number of carbonyl (C=O) groups excluding carboxylic acids is 3. The van der Waals surface area contributed by atoms with Crippen molar-refractivity contribution in [3.05, 3.63) is 119 Å². The van der Waals surface area contributed by atoms with Gasteiger partial charge in [0.2, 0.25) is 5.91 Å². The van der Waals surface area contributed by atoms with E-state index in [4.69, 9.17) is 0 Å². The molecule has 0 bridgehead atoms. The van der Waals surface area contributed by atoms with Crippen molar-refractivity contribution in [2.24, 2.45) is 0 Å². The Morgan fingerprint density at radius 2 is 1.54 bits per heavy atom. The molecular weight excluding hydrogens is 593 g/mol. The second-order valence-electron chi connectivity index (χ2n) is 12.3. The van der Waals surface area contributed by atoms with Crippen LogP contribution in [0.3, 0.4) is 0 Å². The Labute approximate surface area is 274 Å². The molecule has 3 N–H and O–H groups in total. The molecule has 5 aromatic rings. The molecule has 1 aromatic heterocycles. The first kappa shape index (κ1) is 32.6. The van der Waals surface area contributed by atoms with Crippen molar-refractivity contribution in [3.8, 4) is 11.1 Å². The number of nitrogens with zero attached hydrogens (tertiary/aromatic N) is 1. The van der Waals surface area contributed by atoms with Crippen LogP contribution in [0.5, 0.6) is 0 Å². The SMILES string of the molecule is CCCCCNC(=O)[C@@H](NC(=O)c1nc2ccc(NC(=O)c3ccccc3-c3ccc(C(C)(C)C)cc3)cc2s1)c1ccccc1. The van der Waals surface area contributed by atoms with Gasteiger partial charge in [0.1, 0.15) is 6.04 Å². The fraction of sp³-hybridized carbons (Fsp3) is 0.263. The molecular formula is C38H40N4O3S. The third kappa shape index (κ3) is 7.87. The lowest BCUT2D eigenvalue weighted by molar-refractivity contribution is -0.123. The smallest absolute Gasteiger partial charge is 0.281 e. The number of hydrogen-bond donors (Lipinski definition) is 3. The van der Waals surface area contributed by atoms with Gasteiger partial charge in [-0.05, 0) is 58.4 Å². The normalized spacial score (nSPS) is 12.0. The lowest BCUT2D eigenvalue weighted by Gasteiger charge is -2.19. The Balaban J connectivity index is 1.32. The molecule has 8 heteroatoms. The molecule has 5 rings (SSSR count). The van der Waals surface area contributed by atoms with Crippen LogP contribution in [0.15, 0.2) is 97.1 Å². The van der Waals surface area contributed by atoms with Gasteiger partial charge in [0.15, 0.2) is 5.01 Å². The number of nitrogens with one attached hydrogen (secondary N) is 3. The van der Waals surface area contributed by atoms with Gasteiger partial charge >= 0.3 is 0 Å². The number of anilines is 1. The molecule has 1 heterocycles. The monoisotopic (exact) mass is 632 g/mol. The minimum Gasteiger partial charge on any atom is -0.354 e. The van der Waals surface area contributed by atoms with Crippen LogP contribution in [0.25, 0.3) is 21.3 Å². The molecule has 0 aliphatic rings. The second-order valence-corrected chi connectivity index (χ2v) is 13.4. The van der Waals surface area contributed by atoms with Gasteiger partial charge in [-0.1, -0.05) is 113 Å². The Kier molecular flexibility index (Phi) is 10.3.